The number of rotatable bonds is 2. The summed E-state index contributed by atoms with van der Waals surface area (Å²) in [6, 6.07) is 0. The van der Waals surface area contributed by atoms with Crippen molar-refractivity contribution in [1.82, 2.24) is 0 Å². The zero-order chi connectivity index (χ0) is 4.12. The van der Waals surface area contributed by atoms with E-state index in [9.17, 15) is 0 Å². The zero-order valence-corrected chi connectivity index (χ0v) is 3.02. The minimum atomic E-state index is 0.538. The fraction of sp³-hybridized carbons (Fsp3) is 1.00. The second kappa shape index (κ2) is 3.98. The Balaban J connectivity index is 2.19. The topological polar surface area (TPSA) is 46.2 Å². The van der Waals surface area contributed by atoms with Gasteiger partial charge in [0.05, 0.1) is 0 Å². The third-order valence-electron chi connectivity index (χ3n) is 0.296. The van der Waals surface area contributed by atoms with Gasteiger partial charge in [0.1, 0.15) is 0 Å². The molecule has 0 bridgehead atoms. The van der Waals surface area contributed by atoms with Gasteiger partial charge in [-0.25, -0.2) is 0 Å². The second-order valence-corrected chi connectivity index (χ2v) is 0.760. The number of nitrogens with two attached hydrogens (primary N) is 1. The van der Waals surface area contributed by atoms with Gasteiger partial charge in [-0.2, -0.15) is 0 Å². The lowest BCUT2D eigenvalue weighted by molar-refractivity contribution is 0.600. The van der Waals surface area contributed by atoms with E-state index in [2.05, 4.69) is 0 Å². The first-order valence-corrected chi connectivity index (χ1v) is 1.57. The van der Waals surface area contributed by atoms with Crippen molar-refractivity contribution in [3.05, 3.63) is 0 Å². The van der Waals surface area contributed by atoms with Crippen molar-refractivity contribution in [1.29, 1.82) is 0 Å². The summed E-state index contributed by atoms with van der Waals surface area (Å²) in [5.74, 6) is 0. The van der Waals surface area contributed by atoms with Gasteiger partial charge in [0, 0.05) is 0 Å². The van der Waals surface area contributed by atoms with E-state index in [0.29, 0.717) is 12.9 Å². The fourth-order valence-corrected chi connectivity index (χ4v) is 0.0745. The van der Waals surface area contributed by atoms with Crippen LogP contribution in [0.1, 0.15) is 0 Å². The summed E-state index contributed by atoms with van der Waals surface area (Å²) in [5, 5.41) is 7.86. The first-order chi connectivity index (χ1) is 2.41. The van der Waals surface area contributed by atoms with Crippen LogP contribution in [0.4, 0.5) is 0 Å². The van der Waals surface area contributed by atoms with Gasteiger partial charge in [0.25, 0.3) is 7.48 Å². The smallest absolute Gasteiger partial charge is 0.288 e. The second-order valence-electron chi connectivity index (χ2n) is 0.760. The zero-order valence-electron chi connectivity index (χ0n) is 3.02. The van der Waals surface area contributed by atoms with Crippen LogP contribution in [0.15, 0.2) is 0 Å². The van der Waals surface area contributed by atoms with E-state index in [0.717, 1.165) is 7.48 Å². The first-order valence-electron chi connectivity index (χ1n) is 1.57. The largest absolute Gasteiger partial charge is 0.454 e. The van der Waals surface area contributed by atoms with Crippen LogP contribution < -0.4 is 5.73 Å². The monoisotopic (exact) mass is 72.1 g/mol. The van der Waals surface area contributed by atoms with E-state index in [1.807, 2.05) is 0 Å². The van der Waals surface area contributed by atoms with Crippen LogP contribution in [-0.2, 0) is 0 Å². The van der Waals surface area contributed by atoms with E-state index < -0.39 is 0 Å². The SMILES string of the molecule is NCC[B]O. The molecule has 0 aromatic rings. The Bertz CT molecular complexity index is 17.1. The molecule has 0 spiro atoms. The van der Waals surface area contributed by atoms with Gasteiger partial charge in [0.15, 0.2) is 0 Å². The van der Waals surface area contributed by atoms with Crippen molar-refractivity contribution < 1.29 is 5.02 Å². The average molecular weight is 71.9 g/mol. The highest BCUT2D eigenvalue weighted by Crippen LogP contribution is 1.60. The highest BCUT2D eigenvalue weighted by atomic mass is 16.2. The predicted octanol–water partition coefficient (Wildman–Crippen LogP) is -1.03. The maximum absolute atomic E-state index is 7.86. The molecule has 0 saturated carbocycles. The van der Waals surface area contributed by atoms with Crippen LogP contribution in [0, 0.1) is 0 Å². The third-order valence-corrected chi connectivity index (χ3v) is 0.296. The maximum Gasteiger partial charge on any atom is 0.288 e. The average Bonchev–Trinajstić information content (AvgIpc) is 1.41. The molecule has 3 N–H and O–H groups in total. The Morgan fingerprint density at radius 3 is 2.40 bits per heavy atom. The molecular formula is C2H7BNO. The Labute approximate surface area is 32.3 Å². The summed E-state index contributed by atoms with van der Waals surface area (Å²) < 4.78 is 0. The minimum absolute atomic E-state index is 0.538. The van der Waals surface area contributed by atoms with E-state index >= 15 is 0 Å². The van der Waals surface area contributed by atoms with Crippen LogP contribution in [0.3, 0.4) is 0 Å². The fourth-order valence-electron chi connectivity index (χ4n) is 0.0745. The molecule has 0 fully saturated rings. The Morgan fingerprint density at radius 1 is 1.80 bits per heavy atom. The van der Waals surface area contributed by atoms with E-state index in [4.69, 9.17) is 10.8 Å². The van der Waals surface area contributed by atoms with Crippen LogP contribution in [0.25, 0.3) is 0 Å². The van der Waals surface area contributed by atoms with Gasteiger partial charge in [-0.15, -0.1) is 0 Å². The molecule has 0 heterocycles. The molecule has 0 aliphatic carbocycles. The van der Waals surface area contributed by atoms with E-state index in [-0.39, 0.29) is 0 Å². The van der Waals surface area contributed by atoms with Crippen molar-refractivity contribution in [2.45, 2.75) is 6.32 Å². The lowest BCUT2D eigenvalue weighted by Crippen LogP contribution is -2.01. The standard InChI is InChI=1S/C2H7BNO/c4-2-1-3-5/h5H,1-2,4H2. The molecule has 29 valence electrons. The van der Waals surface area contributed by atoms with E-state index in [1.165, 1.54) is 0 Å². The van der Waals surface area contributed by atoms with Crippen LogP contribution in [0.2, 0.25) is 6.32 Å². The summed E-state index contributed by atoms with van der Waals surface area (Å²) >= 11 is 0. The van der Waals surface area contributed by atoms with Gasteiger partial charge in [-0.1, -0.05) is 0 Å². The van der Waals surface area contributed by atoms with Gasteiger partial charge in [0.2, 0.25) is 0 Å². The molecule has 3 heteroatoms. The third kappa shape index (κ3) is 3.98. The van der Waals surface area contributed by atoms with Crippen molar-refractivity contribution in [3.8, 4) is 0 Å². The molecule has 0 aromatic heterocycles. The summed E-state index contributed by atoms with van der Waals surface area (Å²) in [7, 11) is 1.06. The molecule has 0 aliphatic heterocycles. The lowest BCUT2D eigenvalue weighted by Gasteiger charge is -1.76. The Kier molecular flexibility index (Phi) is 3.97. The molecule has 0 aliphatic rings. The molecule has 0 saturated heterocycles. The van der Waals surface area contributed by atoms with Gasteiger partial charge >= 0.3 is 0 Å². The van der Waals surface area contributed by atoms with Crippen molar-refractivity contribution in [2.24, 2.45) is 5.73 Å². The van der Waals surface area contributed by atoms with Gasteiger partial charge < -0.3 is 10.8 Å². The molecule has 0 atom stereocenters. The molecule has 0 amide bonds. The molecule has 5 heavy (non-hydrogen) atoms. The van der Waals surface area contributed by atoms with E-state index in [1.54, 1.807) is 0 Å². The molecule has 0 aromatic carbocycles. The lowest BCUT2D eigenvalue weighted by atomic mass is 9.97. The molecule has 0 rings (SSSR count). The van der Waals surface area contributed by atoms with Crippen LogP contribution >= 0.6 is 0 Å². The van der Waals surface area contributed by atoms with Gasteiger partial charge in [-0.05, 0) is 12.9 Å². The van der Waals surface area contributed by atoms with Crippen molar-refractivity contribution in [2.75, 3.05) is 6.54 Å². The maximum atomic E-state index is 7.86. The van der Waals surface area contributed by atoms with Crippen molar-refractivity contribution >= 4 is 7.48 Å². The Hall–Kier alpha value is -0.0151. The van der Waals surface area contributed by atoms with Crippen LogP contribution in [0.5, 0.6) is 0 Å². The highest BCUT2D eigenvalue weighted by molar-refractivity contribution is 6.25. The molecule has 0 unspecified atom stereocenters. The predicted molar refractivity (Wildman–Crippen MR) is 21.8 cm³/mol. The molecule has 1 radical (unpaired) electrons. The van der Waals surface area contributed by atoms with Gasteiger partial charge in [-0.3, -0.25) is 0 Å². The number of hydrogen-bond donors (Lipinski definition) is 2. The minimum Gasteiger partial charge on any atom is -0.454 e. The normalized spacial score (nSPS) is 7.60. The molecular weight excluding hydrogens is 64.8 g/mol. The summed E-state index contributed by atoms with van der Waals surface area (Å²) in [6.45, 7) is 0.538. The number of hydrogen-bond acceptors (Lipinski definition) is 2. The summed E-state index contributed by atoms with van der Waals surface area (Å²) in [4.78, 5) is 0. The highest BCUT2D eigenvalue weighted by Gasteiger charge is 1.75. The summed E-state index contributed by atoms with van der Waals surface area (Å²) in [6.07, 6.45) is 0.597. The van der Waals surface area contributed by atoms with Crippen molar-refractivity contribution in [3.63, 3.8) is 0 Å². The summed E-state index contributed by atoms with van der Waals surface area (Å²) in [5.41, 5.74) is 4.95. The Morgan fingerprint density at radius 2 is 2.40 bits per heavy atom. The van der Waals surface area contributed by atoms with Crippen LogP contribution in [-0.4, -0.2) is 19.1 Å². The molecule has 2 nitrogen and oxygen atoms in total. The first kappa shape index (κ1) is 4.98. The quantitative estimate of drug-likeness (QED) is 0.410.